The average molecular weight is 406 g/mol. The summed E-state index contributed by atoms with van der Waals surface area (Å²) in [7, 11) is 1.67. The lowest BCUT2D eigenvalue weighted by molar-refractivity contribution is 0.415. The summed E-state index contributed by atoms with van der Waals surface area (Å²) in [5, 5.41) is 6.41. The maximum absolute atomic E-state index is 6.18. The fourth-order valence-electron chi connectivity index (χ4n) is 3.25. The van der Waals surface area contributed by atoms with E-state index < -0.39 is 0 Å². The van der Waals surface area contributed by atoms with Crippen LogP contribution in [0.15, 0.2) is 36.4 Å². The number of halogens is 2. The van der Waals surface area contributed by atoms with Gasteiger partial charge in [0.05, 0.1) is 23.8 Å². The highest BCUT2D eigenvalue weighted by molar-refractivity contribution is 6.31. The van der Waals surface area contributed by atoms with Gasteiger partial charge in [0, 0.05) is 33.8 Å². The van der Waals surface area contributed by atoms with Gasteiger partial charge in [0.1, 0.15) is 5.75 Å². The molecule has 144 valence electrons. The van der Waals surface area contributed by atoms with Gasteiger partial charge in [-0.25, -0.2) is 4.98 Å². The molecule has 2 atom stereocenters. The number of alkyl halides is 1. The largest absolute Gasteiger partial charge is 0.497 e. The number of aromatic nitrogens is 1. The van der Waals surface area contributed by atoms with Crippen molar-refractivity contribution < 1.29 is 4.74 Å². The van der Waals surface area contributed by atoms with Crippen molar-refractivity contribution in [3.05, 3.63) is 41.4 Å². The van der Waals surface area contributed by atoms with Crippen molar-refractivity contribution in [2.75, 3.05) is 18.3 Å². The highest BCUT2D eigenvalue weighted by atomic mass is 35.5. The summed E-state index contributed by atoms with van der Waals surface area (Å²) in [5.74, 6) is 1.40. The number of nitrogens with two attached hydrogens (primary N) is 1. The number of hydrogen-bond donors (Lipinski definition) is 2. The van der Waals surface area contributed by atoms with Crippen LogP contribution in [-0.2, 0) is 0 Å². The van der Waals surface area contributed by atoms with Gasteiger partial charge in [0.2, 0.25) is 0 Å². The average Bonchev–Trinajstić information content (AvgIpc) is 2.66. The Morgan fingerprint density at radius 3 is 2.63 bits per heavy atom. The van der Waals surface area contributed by atoms with E-state index >= 15 is 0 Å². The van der Waals surface area contributed by atoms with Crippen molar-refractivity contribution in [1.82, 2.24) is 4.98 Å². The molecule has 2 unspecified atom stereocenters. The van der Waals surface area contributed by atoms with Gasteiger partial charge in [0.25, 0.3) is 0 Å². The van der Waals surface area contributed by atoms with Crippen molar-refractivity contribution in [2.24, 2.45) is 5.73 Å². The molecule has 0 fully saturated rings. The van der Waals surface area contributed by atoms with E-state index in [1.54, 1.807) is 7.11 Å². The molecule has 0 aliphatic heterocycles. The Morgan fingerprint density at radius 1 is 1.07 bits per heavy atom. The van der Waals surface area contributed by atoms with E-state index in [0.29, 0.717) is 10.9 Å². The van der Waals surface area contributed by atoms with Gasteiger partial charge in [-0.05, 0) is 62.6 Å². The lowest BCUT2D eigenvalue weighted by Crippen LogP contribution is -2.24. The number of ether oxygens (including phenoxy) is 1. The summed E-state index contributed by atoms with van der Waals surface area (Å²) in [6.07, 6.45) is 2.73. The third-order valence-electron chi connectivity index (χ3n) is 4.78. The highest BCUT2D eigenvalue weighted by Crippen LogP contribution is 2.34. The first-order chi connectivity index (χ1) is 13.0. The quantitative estimate of drug-likeness (QED) is 0.378. The fourth-order valence-corrected chi connectivity index (χ4v) is 3.69. The molecule has 0 amide bonds. The van der Waals surface area contributed by atoms with Crippen molar-refractivity contribution in [2.45, 2.75) is 38.3 Å². The van der Waals surface area contributed by atoms with Crippen molar-refractivity contribution in [3.63, 3.8) is 0 Å². The van der Waals surface area contributed by atoms with Crippen molar-refractivity contribution in [1.29, 1.82) is 0 Å². The number of anilines is 1. The number of pyridine rings is 1. The highest BCUT2D eigenvalue weighted by Gasteiger charge is 2.14. The van der Waals surface area contributed by atoms with E-state index in [4.69, 9.17) is 38.7 Å². The number of nitrogens with zero attached hydrogens (tertiary/aromatic N) is 1. The first-order valence-electron chi connectivity index (χ1n) is 9.17. The molecule has 0 bridgehead atoms. The van der Waals surface area contributed by atoms with E-state index in [-0.39, 0.29) is 12.1 Å². The van der Waals surface area contributed by atoms with Crippen LogP contribution >= 0.6 is 23.2 Å². The number of methoxy groups -OCH3 is 1. The molecule has 2 aromatic carbocycles. The third kappa shape index (κ3) is 4.75. The fraction of sp³-hybridized carbons (Fsp3) is 0.381. The van der Waals surface area contributed by atoms with E-state index in [9.17, 15) is 0 Å². The zero-order valence-corrected chi connectivity index (χ0v) is 17.1. The van der Waals surface area contributed by atoms with E-state index in [1.807, 2.05) is 36.4 Å². The molecule has 3 N–H and O–H groups in total. The van der Waals surface area contributed by atoms with Gasteiger partial charge < -0.3 is 15.8 Å². The van der Waals surface area contributed by atoms with Crippen LogP contribution in [0.25, 0.3) is 21.8 Å². The smallest absolute Gasteiger partial charge is 0.119 e. The minimum absolute atomic E-state index is 0.136. The number of rotatable bonds is 8. The Hall–Kier alpha value is -1.75. The summed E-state index contributed by atoms with van der Waals surface area (Å²) < 4.78 is 5.41. The van der Waals surface area contributed by atoms with Crippen LogP contribution in [0.3, 0.4) is 0 Å². The van der Waals surface area contributed by atoms with Crippen LogP contribution in [0.2, 0.25) is 5.02 Å². The molecule has 4 nitrogen and oxygen atoms in total. The zero-order chi connectivity index (χ0) is 19.4. The molecule has 0 aliphatic carbocycles. The topological polar surface area (TPSA) is 60.2 Å². The van der Waals surface area contributed by atoms with E-state index in [1.165, 1.54) is 0 Å². The lowest BCUT2D eigenvalue weighted by atomic mass is 10.0. The Balaban J connectivity index is 1.99. The molecule has 0 radical (unpaired) electrons. The first kappa shape index (κ1) is 20.0. The Morgan fingerprint density at radius 2 is 1.89 bits per heavy atom. The van der Waals surface area contributed by atoms with Crippen LogP contribution in [0, 0.1) is 0 Å². The van der Waals surface area contributed by atoms with E-state index in [0.717, 1.165) is 52.5 Å². The summed E-state index contributed by atoms with van der Waals surface area (Å²) in [5.41, 5.74) is 8.92. The van der Waals surface area contributed by atoms with Gasteiger partial charge in [-0.15, -0.1) is 11.6 Å². The van der Waals surface area contributed by atoms with Crippen LogP contribution < -0.4 is 15.8 Å². The van der Waals surface area contributed by atoms with E-state index in [2.05, 4.69) is 12.2 Å². The van der Waals surface area contributed by atoms with Gasteiger partial charge >= 0.3 is 0 Å². The summed E-state index contributed by atoms with van der Waals surface area (Å²) in [6, 6.07) is 12.1. The summed E-state index contributed by atoms with van der Waals surface area (Å²) in [6.45, 7) is 2.17. The van der Waals surface area contributed by atoms with Crippen LogP contribution in [0.5, 0.6) is 5.75 Å². The molecule has 6 heteroatoms. The monoisotopic (exact) mass is 405 g/mol. The number of nitrogens with one attached hydrogen (secondary N) is 1. The second-order valence-electron chi connectivity index (χ2n) is 6.89. The van der Waals surface area contributed by atoms with Crippen LogP contribution in [0.1, 0.15) is 26.2 Å². The maximum atomic E-state index is 6.18. The molecule has 27 heavy (non-hydrogen) atoms. The number of fused-ring (bicyclic) bond motifs is 2. The Bertz CT molecular complexity index is 932. The minimum atomic E-state index is 0.136. The zero-order valence-electron chi connectivity index (χ0n) is 15.6. The second kappa shape index (κ2) is 8.96. The van der Waals surface area contributed by atoms with Gasteiger partial charge in [0.15, 0.2) is 0 Å². The van der Waals surface area contributed by atoms with Gasteiger partial charge in [-0.3, -0.25) is 0 Å². The van der Waals surface area contributed by atoms with Gasteiger partial charge in [-0.1, -0.05) is 11.6 Å². The van der Waals surface area contributed by atoms with Crippen LogP contribution in [0.4, 0.5) is 5.69 Å². The number of benzene rings is 2. The number of hydrogen-bond acceptors (Lipinski definition) is 4. The van der Waals surface area contributed by atoms with Crippen LogP contribution in [-0.4, -0.2) is 30.1 Å². The SMILES string of the molecule is COc1ccc2nc3cc(Cl)ccc3c(NC(C)CCC(N)CCCl)c2c1. The second-order valence-corrected chi connectivity index (χ2v) is 7.71. The molecular weight excluding hydrogens is 381 g/mol. The molecule has 3 aromatic rings. The van der Waals surface area contributed by atoms with Crippen molar-refractivity contribution >= 4 is 50.7 Å². The predicted octanol–water partition coefficient (Wildman–Crippen LogP) is 5.59. The molecule has 0 saturated carbocycles. The lowest BCUT2D eigenvalue weighted by Gasteiger charge is -2.20. The maximum Gasteiger partial charge on any atom is 0.119 e. The van der Waals surface area contributed by atoms with Gasteiger partial charge in [-0.2, -0.15) is 0 Å². The molecule has 0 aliphatic rings. The third-order valence-corrected chi connectivity index (χ3v) is 5.24. The molecule has 1 heterocycles. The molecule has 1 aromatic heterocycles. The molecular formula is C21H25Cl2N3O. The minimum Gasteiger partial charge on any atom is -0.497 e. The molecule has 3 rings (SSSR count). The standard InChI is InChI=1S/C21H25Cl2N3O/c1-13(3-5-15(24)9-10-22)25-21-17-7-4-14(23)11-20(17)26-19-8-6-16(27-2)12-18(19)21/h4,6-8,11-13,15H,3,5,9-10,24H2,1-2H3,(H,25,26). The Labute approximate surface area is 170 Å². The molecule has 0 saturated heterocycles. The summed E-state index contributed by atoms with van der Waals surface area (Å²) >= 11 is 12.0. The molecule has 0 spiro atoms. The van der Waals surface area contributed by atoms with Crippen molar-refractivity contribution in [3.8, 4) is 5.75 Å². The Kier molecular flexibility index (Phi) is 6.64. The summed E-state index contributed by atoms with van der Waals surface area (Å²) in [4.78, 5) is 4.77. The first-order valence-corrected chi connectivity index (χ1v) is 10.1. The normalized spacial score (nSPS) is 13.7. The predicted molar refractivity (Wildman–Crippen MR) is 116 cm³/mol.